The number of amides is 1. The molecule has 0 bridgehead atoms. The summed E-state index contributed by atoms with van der Waals surface area (Å²) in [5.74, 6) is 2.21. The van der Waals surface area contributed by atoms with Gasteiger partial charge in [-0.3, -0.25) is 4.79 Å². The van der Waals surface area contributed by atoms with Crippen molar-refractivity contribution in [2.75, 3.05) is 24.5 Å². The number of pyridine rings is 1. The van der Waals surface area contributed by atoms with Crippen LogP contribution in [-0.2, 0) is 0 Å². The molecule has 1 saturated heterocycles. The van der Waals surface area contributed by atoms with Crippen molar-refractivity contribution in [2.24, 2.45) is 17.6 Å². The molecule has 2 aliphatic rings. The summed E-state index contributed by atoms with van der Waals surface area (Å²) in [4.78, 5) is 19.3. The molecule has 1 aromatic rings. The maximum atomic E-state index is 12.5. The van der Waals surface area contributed by atoms with E-state index in [0.717, 1.165) is 37.7 Å². The van der Waals surface area contributed by atoms with Gasteiger partial charge in [-0.05, 0) is 56.6 Å². The predicted molar refractivity (Wildman–Crippen MR) is 107 cm³/mol. The Kier molecular flexibility index (Phi) is 7.97. The molecule has 7 heteroatoms. The number of aromatic nitrogens is 1. The van der Waals surface area contributed by atoms with Gasteiger partial charge in [0.05, 0.1) is 11.1 Å². The number of hydrogen-bond donors (Lipinski definition) is 2. The van der Waals surface area contributed by atoms with Gasteiger partial charge in [0.25, 0.3) is 5.91 Å². The number of nitrogens with two attached hydrogens (primary N) is 1. The zero-order valence-corrected chi connectivity index (χ0v) is 16.7. The van der Waals surface area contributed by atoms with Crippen molar-refractivity contribution >= 4 is 36.5 Å². The van der Waals surface area contributed by atoms with E-state index in [1.807, 2.05) is 19.1 Å². The minimum absolute atomic E-state index is 0. The fourth-order valence-electron chi connectivity index (χ4n) is 3.32. The number of nitrogens with zero attached hydrogens (tertiary/aromatic N) is 2. The summed E-state index contributed by atoms with van der Waals surface area (Å²) < 4.78 is 0. The fourth-order valence-corrected chi connectivity index (χ4v) is 3.32. The first-order valence-electron chi connectivity index (χ1n) is 8.75. The molecule has 0 radical (unpaired) electrons. The van der Waals surface area contributed by atoms with E-state index in [1.165, 1.54) is 12.8 Å². The Morgan fingerprint density at radius 2 is 1.92 bits per heavy atom. The zero-order chi connectivity index (χ0) is 16.4. The van der Waals surface area contributed by atoms with E-state index in [9.17, 15) is 4.79 Å². The van der Waals surface area contributed by atoms with Crippen molar-refractivity contribution in [3.8, 4) is 0 Å². The molecule has 5 nitrogen and oxygen atoms in total. The first-order chi connectivity index (χ1) is 11.0. The van der Waals surface area contributed by atoms with E-state index in [-0.39, 0.29) is 36.3 Å². The second-order valence-electron chi connectivity index (χ2n) is 7.42. The Labute approximate surface area is 163 Å². The lowest BCUT2D eigenvalue weighted by molar-refractivity contribution is 0.0897. The Bertz CT molecular complexity index is 557. The monoisotopic (exact) mass is 388 g/mol. The lowest BCUT2D eigenvalue weighted by atomic mass is 9.95. The van der Waals surface area contributed by atoms with Crippen molar-refractivity contribution in [3.63, 3.8) is 0 Å². The maximum Gasteiger partial charge on any atom is 0.253 e. The van der Waals surface area contributed by atoms with Gasteiger partial charge in [-0.25, -0.2) is 4.98 Å². The second kappa shape index (κ2) is 9.06. The van der Waals surface area contributed by atoms with Gasteiger partial charge >= 0.3 is 0 Å². The van der Waals surface area contributed by atoms with Crippen LogP contribution in [0.2, 0.25) is 0 Å². The van der Waals surface area contributed by atoms with Gasteiger partial charge in [-0.15, -0.1) is 24.8 Å². The van der Waals surface area contributed by atoms with E-state index in [1.54, 1.807) is 6.20 Å². The molecule has 25 heavy (non-hydrogen) atoms. The average molecular weight is 389 g/mol. The molecular weight excluding hydrogens is 359 g/mol. The van der Waals surface area contributed by atoms with Crippen molar-refractivity contribution in [1.29, 1.82) is 0 Å². The molecule has 0 aromatic carbocycles. The Morgan fingerprint density at radius 3 is 2.40 bits per heavy atom. The molecule has 2 heterocycles. The molecule has 1 aromatic heterocycles. The highest BCUT2D eigenvalue weighted by Crippen LogP contribution is 2.39. The highest BCUT2D eigenvalue weighted by Gasteiger charge is 2.41. The molecule has 0 spiro atoms. The molecule has 1 aliphatic heterocycles. The third kappa shape index (κ3) is 5.22. The molecule has 3 rings (SSSR count). The summed E-state index contributed by atoms with van der Waals surface area (Å²) in [6.07, 6.45) is 6.41. The van der Waals surface area contributed by atoms with Gasteiger partial charge in [0, 0.05) is 25.8 Å². The van der Waals surface area contributed by atoms with Crippen LogP contribution in [0.3, 0.4) is 0 Å². The van der Waals surface area contributed by atoms with E-state index in [2.05, 4.69) is 22.1 Å². The molecule has 1 atom stereocenters. The van der Waals surface area contributed by atoms with Crippen molar-refractivity contribution in [1.82, 2.24) is 10.3 Å². The standard InChI is InChI=1S/C18H28N4O.2ClH/c1-13-7-9-22(10-8-13)16-6-3-14(11-20-16)17(23)21-18(2,12-19)15-4-5-15;;/h3,6,11,13,15H,4-5,7-10,12,19H2,1-2H3,(H,21,23);2*1H. The number of rotatable bonds is 5. The van der Waals surface area contributed by atoms with E-state index in [0.29, 0.717) is 18.0 Å². The average Bonchev–Trinajstić information content (AvgIpc) is 3.41. The molecule has 2 fully saturated rings. The van der Waals surface area contributed by atoms with Crippen molar-refractivity contribution < 1.29 is 4.79 Å². The molecule has 1 amide bonds. The van der Waals surface area contributed by atoms with Crippen molar-refractivity contribution in [3.05, 3.63) is 23.9 Å². The lowest BCUT2D eigenvalue weighted by Gasteiger charge is -2.31. The Balaban J connectivity index is 0.00000156. The number of carbonyl (C=O) groups excluding carboxylic acids is 1. The van der Waals surface area contributed by atoms with Gasteiger partial charge in [-0.1, -0.05) is 6.92 Å². The van der Waals surface area contributed by atoms with Crippen LogP contribution in [0.25, 0.3) is 0 Å². The van der Waals surface area contributed by atoms with Crippen LogP contribution < -0.4 is 16.0 Å². The minimum Gasteiger partial charge on any atom is -0.357 e. The normalized spacial score (nSPS) is 20.0. The van der Waals surface area contributed by atoms with Gasteiger partial charge in [0.15, 0.2) is 0 Å². The van der Waals surface area contributed by atoms with Crippen LogP contribution in [-0.4, -0.2) is 36.1 Å². The minimum atomic E-state index is -0.293. The van der Waals surface area contributed by atoms with Crippen LogP contribution in [0.4, 0.5) is 5.82 Å². The maximum absolute atomic E-state index is 12.5. The van der Waals surface area contributed by atoms with Gasteiger partial charge < -0.3 is 16.0 Å². The number of anilines is 1. The van der Waals surface area contributed by atoms with Crippen LogP contribution in [0.15, 0.2) is 18.3 Å². The summed E-state index contributed by atoms with van der Waals surface area (Å²) in [7, 11) is 0. The Morgan fingerprint density at radius 1 is 1.28 bits per heavy atom. The predicted octanol–water partition coefficient (Wildman–Crippen LogP) is 3.02. The van der Waals surface area contributed by atoms with Crippen LogP contribution in [0.1, 0.15) is 49.9 Å². The number of piperidine rings is 1. The van der Waals surface area contributed by atoms with Crippen LogP contribution >= 0.6 is 24.8 Å². The molecule has 3 N–H and O–H groups in total. The summed E-state index contributed by atoms with van der Waals surface area (Å²) in [6.45, 7) is 6.91. The summed E-state index contributed by atoms with van der Waals surface area (Å²) in [6, 6.07) is 3.83. The van der Waals surface area contributed by atoms with Crippen LogP contribution in [0, 0.1) is 11.8 Å². The fraction of sp³-hybridized carbons (Fsp3) is 0.667. The topological polar surface area (TPSA) is 71.2 Å². The van der Waals surface area contributed by atoms with Crippen LogP contribution in [0.5, 0.6) is 0 Å². The quantitative estimate of drug-likeness (QED) is 0.812. The zero-order valence-electron chi connectivity index (χ0n) is 15.0. The highest BCUT2D eigenvalue weighted by molar-refractivity contribution is 5.94. The molecular formula is C18H30Cl2N4O. The van der Waals surface area contributed by atoms with E-state index < -0.39 is 0 Å². The number of nitrogens with one attached hydrogen (secondary N) is 1. The number of hydrogen-bond acceptors (Lipinski definition) is 4. The lowest BCUT2D eigenvalue weighted by Crippen LogP contribution is -2.53. The SMILES string of the molecule is CC1CCN(c2ccc(C(=O)NC(C)(CN)C3CC3)cn2)CC1.Cl.Cl. The third-order valence-electron chi connectivity index (χ3n) is 5.42. The molecule has 1 unspecified atom stereocenters. The first kappa shape index (κ1) is 22.0. The summed E-state index contributed by atoms with van der Waals surface area (Å²) >= 11 is 0. The smallest absolute Gasteiger partial charge is 0.253 e. The first-order valence-corrected chi connectivity index (χ1v) is 8.75. The molecule has 1 aliphatic carbocycles. The molecule has 1 saturated carbocycles. The third-order valence-corrected chi connectivity index (χ3v) is 5.42. The van der Waals surface area contributed by atoms with E-state index in [4.69, 9.17) is 5.73 Å². The van der Waals surface area contributed by atoms with Gasteiger partial charge in [-0.2, -0.15) is 0 Å². The second-order valence-corrected chi connectivity index (χ2v) is 7.42. The number of halogens is 2. The molecule has 142 valence electrons. The summed E-state index contributed by atoms with van der Waals surface area (Å²) in [5, 5.41) is 3.11. The Hall–Kier alpha value is -1.04. The van der Waals surface area contributed by atoms with Gasteiger partial charge in [0.2, 0.25) is 0 Å². The van der Waals surface area contributed by atoms with Crippen molar-refractivity contribution in [2.45, 2.75) is 45.1 Å². The largest absolute Gasteiger partial charge is 0.357 e. The van der Waals surface area contributed by atoms with Gasteiger partial charge in [0.1, 0.15) is 5.82 Å². The highest BCUT2D eigenvalue weighted by atomic mass is 35.5. The number of carbonyl (C=O) groups is 1. The summed E-state index contributed by atoms with van der Waals surface area (Å²) in [5.41, 5.74) is 6.19. The van der Waals surface area contributed by atoms with E-state index >= 15 is 0 Å².